The van der Waals surface area contributed by atoms with Gasteiger partial charge in [-0.2, -0.15) is 0 Å². The minimum atomic E-state index is -0.562. The number of aliphatic hydroxyl groups excluding tert-OH is 1. The predicted octanol–water partition coefficient (Wildman–Crippen LogP) is 4.24. The van der Waals surface area contributed by atoms with Crippen LogP contribution in [0.3, 0.4) is 0 Å². The Morgan fingerprint density at radius 3 is 2.45 bits per heavy atom. The molecule has 2 unspecified atom stereocenters. The highest BCUT2D eigenvalue weighted by molar-refractivity contribution is 5.79. The molecule has 1 N–H and O–H groups in total. The molecule has 22 heavy (non-hydrogen) atoms. The third-order valence-corrected chi connectivity index (χ3v) is 4.45. The Hall–Kier alpha value is -2.45. The van der Waals surface area contributed by atoms with Crippen molar-refractivity contribution in [1.29, 1.82) is 0 Å². The molecule has 0 aliphatic heterocycles. The SMILES string of the molecule is Cc1cc2c(cn1)C(C(O)c1ccccc1)c1ccccc1-2. The summed E-state index contributed by atoms with van der Waals surface area (Å²) in [5, 5.41) is 11.0. The lowest BCUT2D eigenvalue weighted by atomic mass is 9.88. The van der Waals surface area contributed by atoms with Crippen LogP contribution in [0.15, 0.2) is 66.9 Å². The average molecular weight is 287 g/mol. The Kier molecular flexibility index (Phi) is 3.05. The normalized spacial score (nSPS) is 16.9. The Morgan fingerprint density at radius 2 is 1.64 bits per heavy atom. The lowest BCUT2D eigenvalue weighted by Crippen LogP contribution is -2.10. The van der Waals surface area contributed by atoms with Gasteiger partial charge >= 0.3 is 0 Å². The number of aliphatic hydroxyl groups is 1. The smallest absolute Gasteiger partial charge is 0.0900 e. The fourth-order valence-electron chi connectivity index (χ4n) is 3.42. The van der Waals surface area contributed by atoms with Crippen molar-refractivity contribution in [3.05, 3.63) is 89.2 Å². The first-order chi connectivity index (χ1) is 10.8. The van der Waals surface area contributed by atoms with Crippen molar-refractivity contribution in [2.75, 3.05) is 0 Å². The molecular weight excluding hydrogens is 270 g/mol. The molecule has 2 aromatic carbocycles. The van der Waals surface area contributed by atoms with Gasteiger partial charge in [0.15, 0.2) is 0 Å². The van der Waals surface area contributed by atoms with Gasteiger partial charge in [-0.1, -0.05) is 54.6 Å². The Balaban J connectivity index is 1.90. The number of aromatic nitrogens is 1. The molecule has 0 radical (unpaired) electrons. The second-order valence-corrected chi connectivity index (χ2v) is 5.83. The van der Waals surface area contributed by atoms with Gasteiger partial charge in [0.1, 0.15) is 0 Å². The van der Waals surface area contributed by atoms with Crippen molar-refractivity contribution in [2.45, 2.75) is 18.9 Å². The molecule has 2 heteroatoms. The van der Waals surface area contributed by atoms with Crippen molar-refractivity contribution in [1.82, 2.24) is 4.98 Å². The highest BCUT2D eigenvalue weighted by atomic mass is 16.3. The van der Waals surface area contributed by atoms with E-state index in [1.807, 2.05) is 49.5 Å². The van der Waals surface area contributed by atoms with Gasteiger partial charge in [-0.15, -0.1) is 0 Å². The second-order valence-electron chi connectivity index (χ2n) is 5.83. The summed E-state index contributed by atoms with van der Waals surface area (Å²) in [6, 6.07) is 20.3. The van der Waals surface area contributed by atoms with Crippen LogP contribution in [-0.4, -0.2) is 10.1 Å². The van der Waals surface area contributed by atoms with E-state index >= 15 is 0 Å². The minimum Gasteiger partial charge on any atom is -0.387 e. The molecule has 0 saturated heterocycles. The molecule has 1 aromatic heterocycles. The van der Waals surface area contributed by atoms with Crippen LogP contribution in [0.1, 0.15) is 34.4 Å². The van der Waals surface area contributed by atoms with E-state index in [0.29, 0.717) is 0 Å². The summed E-state index contributed by atoms with van der Waals surface area (Å²) in [5.74, 6) is -0.0540. The lowest BCUT2D eigenvalue weighted by Gasteiger charge is -2.21. The number of nitrogens with zero attached hydrogens (tertiary/aromatic N) is 1. The Labute approximate surface area is 130 Å². The van der Waals surface area contributed by atoms with Crippen LogP contribution in [0.25, 0.3) is 11.1 Å². The van der Waals surface area contributed by atoms with Crippen LogP contribution in [0.2, 0.25) is 0 Å². The van der Waals surface area contributed by atoms with Crippen LogP contribution in [0.5, 0.6) is 0 Å². The number of rotatable bonds is 2. The molecule has 2 atom stereocenters. The maximum absolute atomic E-state index is 11.0. The van der Waals surface area contributed by atoms with E-state index < -0.39 is 6.10 Å². The maximum atomic E-state index is 11.0. The number of fused-ring (bicyclic) bond motifs is 3. The first kappa shape index (κ1) is 13.2. The van der Waals surface area contributed by atoms with E-state index in [1.165, 1.54) is 16.7 Å². The predicted molar refractivity (Wildman–Crippen MR) is 87.7 cm³/mol. The molecule has 1 aliphatic carbocycles. The molecule has 0 saturated carbocycles. The molecule has 3 aromatic rings. The van der Waals surface area contributed by atoms with Gasteiger partial charge in [0.05, 0.1) is 6.10 Å². The Bertz CT molecular complexity index is 826. The molecule has 1 heterocycles. The molecule has 0 spiro atoms. The van der Waals surface area contributed by atoms with E-state index in [9.17, 15) is 5.11 Å². The molecular formula is C20H17NO. The summed E-state index contributed by atoms with van der Waals surface area (Å²) < 4.78 is 0. The van der Waals surface area contributed by atoms with Crippen LogP contribution in [0.4, 0.5) is 0 Å². The topological polar surface area (TPSA) is 33.1 Å². The van der Waals surface area contributed by atoms with Gasteiger partial charge in [-0.25, -0.2) is 0 Å². The molecule has 0 bridgehead atoms. The van der Waals surface area contributed by atoms with Gasteiger partial charge in [-0.3, -0.25) is 4.98 Å². The zero-order valence-electron chi connectivity index (χ0n) is 12.4. The first-order valence-corrected chi connectivity index (χ1v) is 7.54. The average Bonchev–Trinajstić information content (AvgIpc) is 2.89. The fraction of sp³-hybridized carbons (Fsp3) is 0.150. The first-order valence-electron chi connectivity index (χ1n) is 7.54. The minimum absolute atomic E-state index is 0.0540. The third kappa shape index (κ3) is 1.96. The monoisotopic (exact) mass is 287 g/mol. The molecule has 2 nitrogen and oxygen atoms in total. The second kappa shape index (κ2) is 5.08. The molecule has 4 rings (SSSR count). The van der Waals surface area contributed by atoms with Gasteiger partial charge in [0.2, 0.25) is 0 Å². The van der Waals surface area contributed by atoms with Crippen LogP contribution < -0.4 is 0 Å². The Morgan fingerprint density at radius 1 is 0.909 bits per heavy atom. The summed E-state index contributed by atoms with van der Waals surface area (Å²) >= 11 is 0. The number of benzene rings is 2. The van der Waals surface area contributed by atoms with E-state index in [1.54, 1.807) is 0 Å². The van der Waals surface area contributed by atoms with E-state index in [0.717, 1.165) is 16.8 Å². The van der Waals surface area contributed by atoms with Gasteiger partial charge in [-0.05, 0) is 40.8 Å². The summed E-state index contributed by atoms with van der Waals surface area (Å²) in [7, 11) is 0. The number of hydrogen-bond acceptors (Lipinski definition) is 2. The quantitative estimate of drug-likeness (QED) is 0.765. The number of hydrogen-bond donors (Lipinski definition) is 1. The molecule has 1 aliphatic rings. The van der Waals surface area contributed by atoms with Gasteiger partial charge in [0.25, 0.3) is 0 Å². The molecule has 108 valence electrons. The van der Waals surface area contributed by atoms with Crippen molar-refractivity contribution in [3.8, 4) is 11.1 Å². The van der Waals surface area contributed by atoms with Crippen molar-refractivity contribution >= 4 is 0 Å². The summed E-state index contributed by atoms with van der Waals surface area (Å²) in [6.45, 7) is 2.00. The van der Waals surface area contributed by atoms with Crippen molar-refractivity contribution in [2.24, 2.45) is 0 Å². The van der Waals surface area contributed by atoms with Crippen molar-refractivity contribution < 1.29 is 5.11 Å². The molecule has 0 amide bonds. The zero-order valence-corrected chi connectivity index (χ0v) is 12.4. The van der Waals surface area contributed by atoms with Crippen molar-refractivity contribution in [3.63, 3.8) is 0 Å². The summed E-state index contributed by atoms with van der Waals surface area (Å²) in [4.78, 5) is 4.45. The van der Waals surface area contributed by atoms with Gasteiger partial charge < -0.3 is 5.11 Å². The largest absolute Gasteiger partial charge is 0.387 e. The standard InChI is InChI=1S/C20H17NO/c1-13-11-17-15-9-5-6-10-16(15)19(18(17)12-21-13)20(22)14-7-3-2-4-8-14/h2-12,19-20,22H,1H3. The number of pyridine rings is 1. The highest BCUT2D eigenvalue weighted by Gasteiger charge is 2.34. The number of aryl methyl sites for hydroxylation is 1. The zero-order chi connectivity index (χ0) is 15.1. The highest BCUT2D eigenvalue weighted by Crippen LogP contribution is 2.49. The van der Waals surface area contributed by atoms with E-state index in [-0.39, 0.29) is 5.92 Å². The maximum Gasteiger partial charge on any atom is 0.0900 e. The van der Waals surface area contributed by atoms with Gasteiger partial charge in [0, 0.05) is 17.8 Å². The van der Waals surface area contributed by atoms with E-state index in [4.69, 9.17) is 0 Å². The summed E-state index contributed by atoms with van der Waals surface area (Å²) in [5.41, 5.74) is 6.65. The molecule has 0 fully saturated rings. The third-order valence-electron chi connectivity index (χ3n) is 4.45. The van der Waals surface area contributed by atoms with Crippen LogP contribution in [-0.2, 0) is 0 Å². The fourth-order valence-corrected chi connectivity index (χ4v) is 3.42. The van der Waals surface area contributed by atoms with Crippen LogP contribution in [0, 0.1) is 6.92 Å². The lowest BCUT2D eigenvalue weighted by molar-refractivity contribution is 0.160. The van der Waals surface area contributed by atoms with Crippen LogP contribution >= 0.6 is 0 Å². The van der Waals surface area contributed by atoms with E-state index in [2.05, 4.69) is 29.2 Å². The summed E-state index contributed by atoms with van der Waals surface area (Å²) in [6.07, 6.45) is 1.36.